The third-order valence-electron chi connectivity index (χ3n) is 5.51. The van der Waals surface area contributed by atoms with Crippen LogP contribution in [0.1, 0.15) is 56.4 Å². The standard InChI is InChI=1S/C24H27FN4O5S/c1-24(2,3)33-23(30)26-14-21-27-22(34-28-21)20-13-17(16-7-5-4-6-8-16)15-29(20)35(31,32)19-11-9-18(25)10-12-19/h4-12,17,20H,13-15H2,1-3H3,(H,26,30)/t17-,20+/m1/s1. The van der Waals surface area contributed by atoms with Gasteiger partial charge in [0.2, 0.25) is 15.9 Å². The quantitative estimate of drug-likeness (QED) is 0.538. The second kappa shape index (κ2) is 9.74. The summed E-state index contributed by atoms with van der Waals surface area (Å²) in [7, 11) is -3.98. The number of nitrogens with zero attached hydrogens (tertiary/aromatic N) is 3. The van der Waals surface area contributed by atoms with Gasteiger partial charge < -0.3 is 14.6 Å². The molecule has 0 saturated carbocycles. The van der Waals surface area contributed by atoms with Crippen LogP contribution in [0.3, 0.4) is 0 Å². The zero-order chi connectivity index (χ0) is 25.2. The number of carbonyl (C=O) groups is 1. The molecule has 1 fully saturated rings. The number of hydrogen-bond donors (Lipinski definition) is 1. The molecule has 186 valence electrons. The molecule has 1 aromatic heterocycles. The minimum Gasteiger partial charge on any atom is -0.444 e. The number of ether oxygens (including phenoxy) is 1. The van der Waals surface area contributed by atoms with Gasteiger partial charge in [-0.25, -0.2) is 17.6 Å². The Hall–Kier alpha value is -3.31. The lowest BCUT2D eigenvalue weighted by Gasteiger charge is -2.21. The molecule has 2 aromatic carbocycles. The smallest absolute Gasteiger partial charge is 0.408 e. The molecular weight excluding hydrogens is 475 g/mol. The van der Waals surface area contributed by atoms with Gasteiger partial charge in [0.1, 0.15) is 17.5 Å². The fourth-order valence-electron chi connectivity index (χ4n) is 3.94. The lowest BCUT2D eigenvalue weighted by molar-refractivity contribution is 0.0522. The lowest BCUT2D eigenvalue weighted by atomic mass is 9.96. The molecule has 0 radical (unpaired) electrons. The van der Waals surface area contributed by atoms with Crippen LogP contribution >= 0.6 is 0 Å². The van der Waals surface area contributed by atoms with E-state index in [9.17, 15) is 17.6 Å². The summed E-state index contributed by atoms with van der Waals surface area (Å²) in [6.45, 7) is 5.40. The Kier molecular flexibility index (Phi) is 6.91. The van der Waals surface area contributed by atoms with Crippen LogP contribution in [0.15, 0.2) is 64.0 Å². The molecule has 1 aliphatic heterocycles. The van der Waals surface area contributed by atoms with Gasteiger partial charge in [-0.05, 0) is 62.9 Å². The van der Waals surface area contributed by atoms with E-state index in [2.05, 4.69) is 15.5 Å². The molecule has 1 N–H and O–H groups in total. The van der Waals surface area contributed by atoms with Gasteiger partial charge in [0, 0.05) is 6.54 Å². The summed E-state index contributed by atoms with van der Waals surface area (Å²) in [6.07, 6.45) is -0.208. The number of alkyl carbamates (subject to hydrolysis) is 1. The molecule has 0 bridgehead atoms. The number of benzene rings is 2. The second-order valence-corrected chi connectivity index (χ2v) is 11.2. The highest BCUT2D eigenvalue weighted by Crippen LogP contribution is 2.43. The van der Waals surface area contributed by atoms with Gasteiger partial charge in [-0.15, -0.1) is 0 Å². The SMILES string of the molecule is CC(C)(C)OC(=O)NCc1noc([C@@H]2C[C@@H](c3ccccc3)CN2S(=O)(=O)c2ccc(F)cc2)n1. The highest BCUT2D eigenvalue weighted by Gasteiger charge is 2.44. The number of carbonyl (C=O) groups excluding carboxylic acids is 1. The van der Waals surface area contributed by atoms with Crippen LogP contribution in [0.2, 0.25) is 0 Å². The van der Waals surface area contributed by atoms with Crippen molar-refractivity contribution < 1.29 is 26.9 Å². The normalized spacial score (nSPS) is 19.0. The van der Waals surface area contributed by atoms with E-state index >= 15 is 0 Å². The second-order valence-electron chi connectivity index (χ2n) is 9.29. The van der Waals surface area contributed by atoms with E-state index in [-0.39, 0.29) is 35.6 Å². The van der Waals surface area contributed by atoms with Crippen molar-refractivity contribution in [2.75, 3.05) is 6.54 Å². The monoisotopic (exact) mass is 502 g/mol. The van der Waals surface area contributed by atoms with Crippen molar-refractivity contribution in [1.29, 1.82) is 0 Å². The highest BCUT2D eigenvalue weighted by molar-refractivity contribution is 7.89. The zero-order valence-electron chi connectivity index (χ0n) is 19.6. The first-order valence-electron chi connectivity index (χ1n) is 11.1. The number of sulfonamides is 1. The maximum absolute atomic E-state index is 13.5. The van der Waals surface area contributed by atoms with Crippen molar-refractivity contribution in [3.63, 3.8) is 0 Å². The minimum absolute atomic E-state index is 0.0241. The van der Waals surface area contributed by atoms with E-state index in [0.717, 1.165) is 17.7 Å². The van der Waals surface area contributed by atoms with Gasteiger partial charge in [-0.3, -0.25) is 0 Å². The van der Waals surface area contributed by atoms with Crippen LogP contribution in [0.4, 0.5) is 9.18 Å². The van der Waals surface area contributed by atoms with Crippen molar-refractivity contribution in [1.82, 2.24) is 19.8 Å². The van der Waals surface area contributed by atoms with Gasteiger partial charge in [0.15, 0.2) is 5.82 Å². The van der Waals surface area contributed by atoms with Crippen LogP contribution in [0, 0.1) is 5.82 Å². The highest BCUT2D eigenvalue weighted by atomic mass is 32.2. The molecule has 0 aliphatic carbocycles. The molecule has 11 heteroatoms. The molecule has 1 aliphatic rings. The number of amides is 1. The molecule has 9 nitrogen and oxygen atoms in total. The molecule has 35 heavy (non-hydrogen) atoms. The fraction of sp³-hybridized carbons (Fsp3) is 0.375. The molecular formula is C24H27FN4O5S. The van der Waals surface area contributed by atoms with E-state index in [1.165, 1.54) is 16.4 Å². The summed E-state index contributed by atoms with van der Waals surface area (Å²) in [6, 6.07) is 13.6. The minimum atomic E-state index is -3.98. The number of rotatable bonds is 6. The first-order valence-corrected chi connectivity index (χ1v) is 12.6. The molecule has 4 rings (SSSR count). The largest absolute Gasteiger partial charge is 0.444 e. The van der Waals surface area contributed by atoms with Crippen molar-refractivity contribution >= 4 is 16.1 Å². The zero-order valence-corrected chi connectivity index (χ0v) is 20.5. The third kappa shape index (κ3) is 5.85. The molecule has 2 heterocycles. The first-order chi connectivity index (χ1) is 16.5. The molecule has 1 saturated heterocycles. The van der Waals surface area contributed by atoms with Crippen molar-refractivity contribution in [3.05, 3.63) is 77.7 Å². The van der Waals surface area contributed by atoms with Crippen molar-refractivity contribution in [2.24, 2.45) is 0 Å². The molecule has 2 atom stereocenters. The molecule has 3 aromatic rings. The predicted octanol–water partition coefficient (Wildman–Crippen LogP) is 4.15. The Balaban J connectivity index is 1.58. The fourth-order valence-corrected chi connectivity index (χ4v) is 5.58. The van der Waals surface area contributed by atoms with E-state index < -0.39 is 33.6 Å². The average molecular weight is 503 g/mol. The predicted molar refractivity (Wildman–Crippen MR) is 124 cm³/mol. The summed E-state index contributed by atoms with van der Waals surface area (Å²) in [5, 5.41) is 6.45. The van der Waals surface area contributed by atoms with Crippen LogP contribution in [0.5, 0.6) is 0 Å². The number of aromatic nitrogens is 2. The number of halogens is 1. The van der Waals surface area contributed by atoms with E-state index in [0.29, 0.717) is 6.42 Å². The van der Waals surface area contributed by atoms with Crippen molar-refractivity contribution in [3.8, 4) is 0 Å². The summed E-state index contributed by atoms with van der Waals surface area (Å²) >= 11 is 0. The Morgan fingerprint density at radius 2 is 1.86 bits per heavy atom. The van der Waals surface area contributed by atoms with Gasteiger partial charge in [0.25, 0.3) is 0 Å². The summed E-state index contributed by atoms with van der Waals surface area (Å²) in [5.41, 5.74) is 0.332. The first kappa shape index (κ1) is 24.8. The Labute approximate surface area is 203 Å². The van der Waals surface area contributed by atoms with Crippen molar-refractivity contribution in [2.45, 2.75) is 56.2 Å². The topological polar surface area (TPSA) is 115 Å². The number of nitrogens with one attached hydrogen (secondary N) is 1. The van der Waals surface area contributed by atoms with Crippen LogP contribution in [-0.2, 0) is 21.3 Å². The van der Waals surface area contributed by atoms with Gasteiger partial charge in [-0.2, -0.15) is 9.29 Å². The van der Waals surface area contributed by atoms with E-state index in [1.807, 2.05) is 30.3 Å². The maximum Gasteiger partial charge on any atom is 0.408 e. The number of hydrogen-bond acceptors (Lipinski definition) is 7. The molecule has 0 unspecified atom stereocenters. The third-order valence-corrected chi connectivity index (χ3v) is 7.39. The van der Waals surface area contributed by atoms with Gasteiger partial charge in [0.05, 0.1) is 11.4 Å². The van der Waals surface area contributed by atoms with Crippen LogP contribution < -0.4 is 5.32 Å². The lowest BCUT2D eigenvalue weighted by Crippen LogP contribution is -2.32. The summed E-state index contributed by atoms with van der Waals surface area (Å²) in [5.74, 6) is -0.321. The molecule has 1 amide bonds. The summed E-state index contributed by atoms with van der Waals surface area (Å²) < 4.78 is 52.4. The van der Waals surface area contributed by atoms with Gasteiger partial charge >= 0.3 is 6.09 Å². The van der Waals surface area contributed by atoms with Crippen LogP contribution in [-0.4, -0.2) is 41.1 Å². The van der Waals surface area contributed by atoms with E-state index in [4.69, 9.17) is 9.26 Å². The van der Waals surface area contributed by atoms with Crippen LogP contribution in [0.25, 0.3) is 0 Å². The maximum atomic E-state index is 13.5. The Bertz CT molecular complexity index is 1270. The van der Waals surface area contributed by atoms with Gasteiger partial charge in [-0.1, -0.05) is 35.5 Å². The molecule has 0 spiro atoms. The Morgan fingerprint density at radius 3 is 2.51 bits per heavy atom. The summed E-state index contributed by atoms with van der Waals surface area (Å²) in [4.78, 5) is 16.2. The van der Waals surface area contributed by atoms with E-state index in [1.54, 1.807) is 20.8 Å². The Morgan fingerprint density at radius 1 is 1.17 bits per heavy atom. The average Bonchev–Trinajstić information content (AvgIpc) is 3.45.